The van der Waals surface area contributed by atoms with Crippen molar-refractivity contribution in [3.63, 3.8) is 0 Å². The first-order valence-corrected chi connectivity index (χ1v) is 18.5. The molecule has 2 heterocycles. The summed E-state index contributed by atoms with van der Waals surface area (Å²) in [5.74, 6) is -3.58. The lowest BCUT2D eigenvalue weighted by atomic mass is 10.0. The maximum Gasteiger partial charge on any atom is 0.387 e. The monoisotopic (exact) mass is 808 g/mol. The maximum atomic E-state index is 14.9. The molecule has 1 saturated heterocycles. The van der Waals surface area contributed by atoms with E-state index in [9.17, 15) is 36.7 Å². The van der Waals surface area contributed by atoms with Gasteiger partial charge in [0.2, 0.25) is 23.6 Å². The number of alkyl halides is 2. The van der Waals surface area contributed by atoms with E-state index in [0.717, 1.165) is 37.8 Å². The Balaban J connectivity index is 0.00000600. The molecule has 304 valence electrons. The molecule has 18 heteroatoms. The molecule has 56 heavy (non-hydrogen) atoms. The third-order valence-corrected chi connectivity index (χ3v) is 9.67. The molecule has 4 amide bonds. The quantitative estimate of drug-likeness (QED) is 0.121. The van der Waals surface area contributed by atoms with Crippen LogP contribution in [0.2, 0.25) is 0 Å². The molecule has 0 radical (unpaired) electrons. The molecule has 4 N–H and O–H groups in total. The molecule has 2 atom stereocenters. The van der Waals surface area contributed by atoms with Crippen LogP contribution in [0, 0.1) is 23.5 Å². The van der Waals surface area contributed by atoms with Crippen molar-refractivity contribution in [2.24, 2.45) is 17.6 Å². The van der Waals surface area contributed by atoms with Crippen molar-refractivity contribution >= 4 is 36.0 Å². The predicted octanol–water partition coefficient (Wildman–Crippen LogP) is 5.29. The minimum atomic E-state index is -3.16. The number of benzene rings is 2. The van der Waals surface area contributed by atoms with Gasteiger partial charge >= 0.3 is 6.61 Å². The molecule has 3 fully saturated rings. The van der Waals surface area contributed by atoms with E-state index >= 15 is 0 Å². The first-order valence-electron chi connectivity index (χ1n) is 18.5. The van der Waals surface area contributed by atoms with E-state index in [4.69, 9.17) is 14.9 Å². The van der Waals surface area contributed by atoms with Crippen molar-refractivity contribution in [3.8, 4) is 23.0 Å². The van der Waals surface area contributed by atoms with E-state index < -0.39 is 42.1 Å². The Hall–Kier alpha value is -4.90. The van der Waals surface area contributed by atoms with E-state index in [1.165, 1.54) is 25.1 Å². The summed E-state index contributed by atoms with van der Waals surface area (Å²) in [5, 5.41) is 5.17. The molecule has 3 aliphatic rings. The molecule has 1 aliphatic heterocycles. The molecular formula is C38H45ClF4N6O7. The van der Waals surface area contributed by atoms with Gasteiger partial charge in [-0.15, -0.1) is 12.4 Å². The SMILES string of the molecule is C[C@H](N)c1oc(-c2ccc(OC(F)F)c(OCCCCC(=O)N3CCN(C(=O)C4CC4)CC3)c2)nc1C(=O)NC(C(=O)NCC1CC1)c1ccc(F)cc1F.Cl. The molecule has 6 rings (SSSR count). The number of hydrogen-bond acceptors (Lipinski definition) is 9. The summed E-state index contributed by atoms with van der Waals surface area (Å²) in [6.45, 7) is 0.730. The number of carbonyl (C=O) groups is 4. The average molecular weight is 809 g/mol. The highest BCUT2D eigenvalue weighted by Crippen LogP contribution is 2.36. The first kappa shape index (κ1) is 42.2. The number of hydrogen-bond donors (Lipinski definition) is 3. The Labute approximate surface area is 327 Å². The van der Waals surface area contributed by atoms with Crippen LogP contribution in [0.5, 0.6) is 11.5 Å². The number of halogens is 5. The minimum Gasteiger partial charge on any atom is -0.490 e. The standard InChI is InChI=1S/C38H44F4N6O7.ClH/c1-21(43)33-32(35(51)45-31(34(50)44-20-22-5-6-22)26-11-10-25(39)19-27(26)40)46-36(55-33)24-9-12-28(54-38(41)42)29(18-24)53-17-3-2-4-30(49)47-13-15-48(16-14-47)37(52)23-7-8-23;/h9-12,18-19,21-23,31,38H,2-8,13-17,20,43H2,1H3,(H,44,50)(H,45,51);1H/t21-,31?;/m0./s1. The summed E-state index contributed by atoms with van der Waals surface area (Å²) in [6, 6.07) is 4.12. The van der Waals surface area contributed by atoms with E-state index in [2.05, 4.69) is 20.4 Å². The summed E-state index contributed by atoms with van der Waals surface area (Å²) in [5.41, 5.74) is 5.73. The van der Waals surface area contributed by atoms with Crippen molar-refractivity contribution in [1.82, 2.24) is 25.4 Å². The fourth-order valence-corrected chi connectivity index (χ4v) is 6.25. The molecule has 2 saturated carbocycles. The lowest BCUT2D eigenvalue weighted by Gasteiger charge is -2.35. The number of unbranched alkanes of at least 4 members (excludes halogenated alkanes) is 1. The Morgan fingerprint density at radius 3 is 2.32 bits per heavy atom. The zero-order valence-corrected chi connectivity index (χ0v) is 31.6. The highest BCUT2D eigenvalue weighted by atomic mass is 35.5. The molecule has 2 aliphatic carbocycles. The van der Waals surface area contributed by atoms with Gasteiger partial charge in [-0.05, 0) is 75.6 Å². The van der Waals surface area contributed by atoms with Gasteiger partial charge in [0.1, 0.15) is 17.7 Å². The lowest BCUT2D eigenvalue weighted by Crippen LogP contribution is -2.51. The largest absolute Gasteiger partial charge is 0.490 e. The van der Waals surface area contributed by atoms with Gasteiger partial charge in [-0.25, -0.2) is 13.8 Å². The third kappa shape index (κ3) is 10.9. The van der Waals surface area contributed by atoms with Gasteiger partial charge in [0, 0.05) is 62.3 Å². The third-order valence-electron chi connectivity index (χ3n) is 9.67. The van der Waals surface area contributed by atoms with E-state index in [0.29, 0.717) is 51.6 Å². The van der Waals surface area contributed by atoms with Crippen LogP contribution in [0.15, 0.2) is 40.8 Å². The van der Waals surface area contributed by atoms with Crippen molar-refractivity contribution in [2.75, 3.05) is 39.3 Å². The van der Waals surface area contributed by atoms with E-state index in [1.54, 1.807) is 4.90 Å². The second kappa shape index (κ2) is 18.8. The maximum absolute atomic E-state index is 14.9. The molecule has 13 nitrogen and oxygen atoms in total. The van der Waals surface area contributed by atoms with Gasteiger partial charge in [-0.3, -0.25) is 19.2 Å². The minimum absolute atomic E-state index is 0. The van der Waals surface area contributed by atoms with Gasteiger partial charge in [-0.2, -0.15) is 8.78 Å². The van der Waals surface area contributed by atoms with Gasteiger partial charge in [0.25, 0.3) is 5.91 Å². The van der Waals surface area contributed by atoms with Crippen LogP contribution >= 0.6 is 12.4 Å². The van der Waals surface area contributed by atoms with Gasteiger partial charge < -0.3 is 40.1 Å². The van der Waals surface area contributed by atoms with Crippen LogP contribution in [0.25, 0.3) is 11.5 Å². The Kier molecular flexibility index (Phi) is 14.2. The van der Waals surface area contributed by atoms with Crippen molar-refractivity contribution in [1.29, 1.82) is 0 Å². The zero-order chi connectivity index (χ0) is 39.2. The Morgan fingerprint density at radius 2 is 1.68 bits per heavy atom. The lowest BCUT2D eigenvalue weighted by molar-refractivity contribution is -0.140. The Morgan fingerprint density at radius 1 is 0.964 bits per heavy atom. The number of nitrogens with one attached hydrogen (secondary N) is 2. The molecular weight excluding hydrogens is 764 g/mol. The highest BCUT2D eigenvalue weighted by molar-refractivity contribution is 5.97. The second-order valence-electron chi connectivity index (χ2n) is 14.1. The number of oxazole rings is 1. The van der Waals surface area contributed by atoms with Crippen molar-refractivity contribution < 1.29 is 50.6 Å². The number of piperazine rings is 1. The summed E-state index contributed by atoms with van der Waals surface area (Å²) in [7, 11) is 0. The van der Waals surface area contributed by atoms with Crippen LogP contribution in [-0.2, 0) is 14.4 Å². The van der Waals surface area contributed by atoms with Gasteiger partial charge in [0.05, 0.1) is 12.6 Å². The number of ether oxygens (including phenoxy) is 2. The zero-order valence-electron chi connectivity index (χ0n) is 30.7. The number of aromatic nitrogens is 1. The van der Waals surface area contributed by atoms with E-state index in [-0.39, 0.29) is 89.1 Å². The average Bonchev–Trinajstić information content (AvgIpc) is 4.11. The highest BCUT2D eigenvalue weighted by Gasteiger charge is 2.35. The normalized spacial score (nSPS) is 16.5. The smallest absolute Gasteiger partial charge is 0.387 e. The summed E-state index contributed by atoms with van der Waals surface area (Å²) < 4.78 is 71.5. The second-order valence-corrected chi connectivity index (χ2v) is 14.1. The summed E-state index contributed by atoms with van der Waals surface area (Å²) in [6.07, 6.45) is 4.83. The van der Waals surface area contributed by atoms with Crippen LogP contribution in [0.4, 0.5) is 17.6 Å². The first-order chi connectivity index (χ1) is 26.4. The number of rotatable bonds is 17. The number of amides is 4. The van der Waals surface area contributed by atoms with Crippen LogP contribution in [0.3, 0.4) is 0 Å². The van der Waals surface area contributed by atoms with Crippen molar-refractivity contribution in [3.05, 3.63) is 65.1 Å². The summed E-state index contributed by atoms with van der Waals surface area (Å²) in [4.78, 5) is 59.8. The molecule has 1 unspecified atom stereocenters. The number of nitrogens with two attached hydrogens (primary N) is 1. The number of nitrogens with zero attached hydrogens (tertiary/aromatic N) is 3. The summed E-state index contributed by atoms with van der Waals surface area (Å²) >= 11 is 0. The number of carbonyl (C=O) groups excluding carboxylic acids is 4. The van der Waals surface area contributed by atoms with Crippen molar-refractivity contribution in [2.45, 2.75) is 70.6 Å². The molecule has 2 aromatic carbocycles. The van der Waals surface area contributed by atoms with Crippen LogP contribution in [-0.4, -0.2) is 84.4 Å². The van der Waals surface area contributed by atoms with E-state index in [1.807, 2.05) is 4.90 Å². The van der Waals surface area contributed by atoms with Gasteiger partial charge in [0.15, 0.2) is 23.0 Å². The predicted molar refractivity (Wildman–Crippen MR) is 196 cm³/mol. The Bertz CT molecular complexity index is 1880. The molecule has 3 aromatic rings. The molecule has 0 bridgehead atoms. The van der Waals surface area contributed by atoms with Crippen LogP contribution < -0.4 is 25.8 Å². The molecule has 0 spiro atoms. The van der Waals surface area contributed by atoms with Crippen LogP contribution in [0.1, 0.15) is 85.8 Å². The van der Waals surface area contributed by atoms with Gasteiger partial charge in [-0.1, -0.05) is 6.07 Å². The molecule has 1 aromatic heterocycles. The fraction of sp³-hybridized carbons (Fsp3) is 0.500. The fourth-order valence-electron chi connectivity index (χ4n) is 6.25. The topological polar surface area (TPSA) is 169 Å².